The Morgan fingerprint density at radius 2 is 1.50 bits per heavy atom. The van der Waals surface area contributed by atoms with Gasteiger partial charge < -0.3 is 9.84 Å². The number of benzene rings is 4. The number of ether oxygens (including phenoxy) is 1. The quantitative estimate of drug-likeness (QED) is 0.185. The zero-order chi connectivity index (χ0) is 26.5. The van der Waals surface area contributed by atoms with E-state index in [9.17, 15) is 5.11 Å². The topological polar surface area (TPSA) is 72.0 Å². The Morgan fingerprint density at radius 1 is 0.842 bits per heavy atom. The molecule has 0 spiro atoms. The molecular formula is C30H22Br2N4O2. The number of aromatic hydroxyl groups is 1. The largest absolute Gasteiger partial charge is 0.506 e. The fraction of sp³-hybridized carbons (Fsp3) is 0.0333. The van der Waals surface area contributed by atoms with E-state index in [-0.39, 0.29) is 5.75 Å². The van der Waals surface area contributed by atoms with Crippen LogP contribution in [0.4, 0.5) is 5.95 Å². The molecule has 0 radical (unpaired) electrons. The van der Waals surface area contributed by atoms with E-state index in [2.05, 4.69) is 36.9 Å². The van der Waals surface area contributed by atoms with Crippen molar-refractivity contribution in [2.24, 2.45) is 10.1 Å². The van der Waals surface area contributed by atoms with E-state index >= 15 is 0 Å². The van der Waals surface area contributed by atoms with Crippen LogP contribution in [0.5, 0.6) is 11.5 Å². The zero-order valence-electron chi connectivity index (χ0n) is 20.3. The van der Waals surface area contributed by atoms with Gasteiger partial charge in [-0.15, -0.1) is 0 Å². The molecule has 188 valence electrons. The Bertz CT molecular complexity index is 1610. The lowest BCUT2D eigenvalue weighted by Gasteiger charge is -2.07. The molecule has 0 unspecified atom stereocenters. The van der Waals surface area contributed by atoms with Gasteiger partial charge in [0, 0.05) is 27.4 Å². The predicted octanol–water partition coefficient (Wildman–Crippen LogP) is 8.09. The van der Waals surface area contributed by atoms with Crippen molar-refractivity contribution in [3.05, 3.63) is 117 Å². The Kier molecular flexibility index (Phi) is 7.81. The van der Waals surface area contributed by atoms with E-state index in [1.54, 1.807) is 36.3 Å². The lowest BCUT2D eigenvalue weighted by Crippen LogP contribution is -1.96. The molecule has 0 aliphatic heterocycles. The summed E-state index contributed by atoms with van der Waals surface area (Å²) in [5.74, 6) is 1.22. The minimum Gasteiger partial charge on any atom is -0.506 e. The monoisotopic (exact) mass is 628 g/mol. The van der Waals surface area contributed by atoms with E-state index in [0.717, 1.165) is 38.3 Å². The van der Waals surface area contributed by atoms with Gasteiger partial charge in [0.25, 0.3) is 5.95 Å². The number of nitrogens with zero attached hydrogens (tertiary/aromatic N) is 4. The van der Waals surface area contributed by atoms with Crippen molar-refractivity contribution in [3.8, 4) is 34.0 Å². The number of hydrogen-bond donors (Lipinski definition) is 1. The summed E-state index contributed by atoms with van der Waals surface area (Å²) < 4.78 is 8.36. The molecule has 1 heterocycles. The van der Waals surface area contributed by atoms with Crippen molar-refractivity contribution in [2.75, 3.05) is 7.11 Å². The molecule has 0 fully saturated rings. The van der Waals surface area contributed by atoms with Crippen molar-refractivity contribution >= 4 is 50.2 Å². The summed E-state index contributed by atoms with van der Waals surface area (Å²) in [6.45, 7) is 0. The van der Waals surface area contributed by atoms with Crippen LogP contribution in [0, 0.1) is 0 Å². The highest BCUT2D eigenvalue weighted by atomic mass is 79.9. The SMILES string of the molecule is COc1ccc(C=Nn2c(N=Cc3cc(Br)cc(Br)c3O)nc(-c3ccccc3)c2-c2ccccc2)cc1. The summed E-state index contributed by atoms with van der Waals surface area (Å²) in [5.41, 5.74) is 4.85. The van der Waals surface area contributed by atoms with Crippen molar-refractivity contribution in [2.45, 2.75) is 0 Å². The Hall–Kier alpha value is -4.01. The number of aliphatic imine (C=N–C) groups is 1. The van der Waals surface area contributed by atoms with Gasteiger partial charge in [-0.3, -0.25) is 0 Å². The first-order valence-electron chi connectivity index (χ1n) is 11.7. The summed E-state index contributed by atoms with van der Waals surface area (Å²) >= 11 is 6.85. The molecule has 5 aromatic rings. The maximum Gasteiger partial charge on any atom is 0.251 e. The number of aromatic nitrogens is 2. The van der Waals surface area contributed by atoms with Gasteiger partial charge in [-0.1, -0.05) is 76.6 Å². The molecule has 0 aliphatic carbocycles. The van der Waals surface area contributed by atoms with Crippen LogP contribution in [-0.2, 0) is 0 Å². The lowest BCUT2D eigenvalue weighted by molar-refractivity contribution is 0.415. The molecule has 0 bridgehead atoms. The molecule has 0 atom stereocenters. The van der Waals surface area contributed by atoms with Crippen LogP contribution >= 0.6 is 31.9 Å². The van der Waals surface area contributed by atoms with Gasteiger partial charge in [-0.05, 0) is 57.9 Å². The van der Waals surface area contributed by atoms with Crippen LogP contribution in [0.2, 0.25) is 0 Å². The van der Waals surface area contributed by atoms with Crippen LogP contribution in [0.1, 0.15) is 11.1 Å². The summed E-state index contributed by atoms with van der Waals surface area (Å²) in [6.07, 6.45) is 3.34. The maximum absolute atomic E-state index is 10.6. The molecule has 4 aromatic carbocycles. The van der Waals surface area contributed by atoms with Gasteiger partial charge in [0.15, 0.2) is 0 Å². The summed E-state index contributed by atoms with van der Waals surface area (Å²) in [7, 11) is 1.64. The maximum atomic E-state index is 10.6. The van der Waals surface area contributed by atoms with Crippen molar-refractivity contribution in [3.63, 3.8) is 0 Å². The lowest BCUT2D eigenvalue weighted by atomic mass is 10.1. The molecule has 0 aliphatic rings. The van der Waals surface area contributed by atoms with E-state index < -0.39 is 0 Å². The standard InChI is InChI=1S/C30H22Br2N4O2/c1-38-25-14-12-20(13-15-25)18-34-36-28(22-10-6-3-7-11-22)27(21-8-4-2-5-9-21)35-30(36)33-19-23-16-24(31)17-26(32)29(23)37/h2-19,37H,1H3. The van der Waals surface area contributed by atoms with Crippen LogP contribution in [0.15, 0.2) is 116 Å². The van der Waals surface area contributed by atoms with Crippen molar-refractivity contribution in [1.29, 1.82) is 0 Å². The number of phenols is 1. The summed E-state index contributed by atoms with van der Waals surface area (Å²) in [5, 5.41) is 15.4. The van der Waals surface area contributed by atoms with Gasteiger partial charge in [-0.2, -0.15) is 9.78 Å². The number of methoxy groups -OCH3 is 1. The van der Waals surface area contributed by atoms with Crippen LogP contribution in [0.25, 0.3) is 22.5 Å². The van der Waals surface area contributed by atoms with E-state index in [4.69, 9.17) is 14.8 Å². The minimum absolute atomic E-state index is 0.0864. The highest BCUT2D eigenvalue weighted by molar-refractivity contribution is 9.11. The fourth-order valence-corrected chi connectivity index (χ4v) is 5.13. The van der Waals surface area contributed by atoms with E-state index in [1.807, 2.05) is 84.9 Å². The molecule has 1 aromatic heterocycles. The number of halogens is 2. The molecule has 8 heteroatoms. The minimum atomic E-state index is 0.0864. The first kappa shape index (κ1) is 25.6. The third kappa shape index (κ3) is 5.61. The molecule has 0 saturated carbocycles. The first-order chi connectivity index (χ1) is 18.5. The third-order valence-corrected chi connectivity index (χ3v) is 6.81. The molecule has 0 amide bonds. The number of phenolic OH excluding ortho intramolecular Hbond substituents is 1. The molecular weight excluding hydrogens is 608 g/mol. The fourth-order valence-electron chi connectivity index (χ4n) is 3.87. The van der Waals surface area contributed by atoms with Gasteiger partial charge in [0.1, 0.15) is 22.9 Å². The van der Waals surface area contributed by atoms with Crippen molar-refractivity contribution in [1.82, 2.24) is 9.66 Å². The highest BCUT2D eigenvalue weighted by Gasteiger charge is 2.20. The highest BCUT2D eigenvalue weighted by Crippen LogP contribution is 2.36. The zero-order valence-corrected chi connectivity index (χ0v) is 23.5. The Labute approximate surface area is 237 Å². The van der Waals surface area contributed by atoms with Crippen LogP contribution < -0.4 is 4.74 Å². The van der Waals surface area contributed by atoms with Gasteiger partial charge in [0.05, 0.1) is 17.8 Å². The Balaban J connectivity index is 1.70. The molecule has 6 nitrogen and oxygen atoms in total. The third-order valence-electron chi connectivity index (χ3n) is 5.75. The first-order valence-corrected chi connectivity index (χ1v) is 13.3. The smallest absolute Gasteiger partial charge is 0.251 e. The normalized spacial score (nSPS) is 11.4. The molecule has 5 rings (SSSR count). The second kappa shape index (κ2) is 11.6. The molecule has 0 saturated heterocycles. The second-order valence-electron chi connectivity index (χ2n) is 8.25. The Morgan fingerprint density at radius 3 is 2.16 bits per heavy atom. The van der Waals surface area contributed by atoms with Gasteiger partial charge in [0.2, 0.25) is 0 Å². The van der Waals surface area contributed by atoms with Crippen LogP contribution in [-0.4, -0.2) is 34.3 Å². The predicted molar refractivity (Wildman–Crippen MR) is 160 cm³/mol. The molecule has 1 N–H and O–H groups in total. The summed E-state index contributed by atoms with van der Waals surface area (Å²) in [6, 6.07) is 31.1. The number of hydrogen-bond acceptors (Lipinski definition) is 5. The average molecular weight is 630 g/mol. The second-order valence-corrected chi connectivity index (χ2v) is 10.0. The van der Waals surface area contributed by atoms with Gasteiger partial charge in [-0.25, -0.2) is 9.98 Å². The van der Waals surface area contributed by atoms with Crippen LogP contribution in [0.3, 0.4) is 0 Å². The van der Waals surface area contributed by atoms with E-state index in [1.165, 1.54) is 0 Å². The van der Waals surface area contributed by atoms with E-state index in [0.29, 0.717) is 16.0 Å². The van der Waals surface area contributed by atoms with Crippen molar-refractivity contribution < 1.29 is 9.84 Å². The number of rotatable bonds is 7. The average Bonchev–Trinajstić information content (AvgIpc) is 3.32. The van der Waals surface area contributed by atoms with Gasteiger partial charge >= 0.3 is 0 Å². The molecule has 38 heavy (non-hydrogen) atoms. The number of imidazole rings is 1. The summed E-state index contributed by atoms with van der Waals surface area (Å²) in [4.78, 5) is 9.60.